The van der Waals surface area contributed by atoms with E-state index in [1.165, 1.54) is 10.9 Å². The molecule has 0 saturated carbocycles. The largest absolute Gasteiger partial charge is 0.456 e. The van der Waals surface area contributed by atoms with Gasteiger partial charge in [0.05, 0.1) is 16.6 Å². The van der Waals surface area contributed by atoms with Crippen LogP contribution in [0.25, 0.3) is 112 Å². The summed E-state index contributed by atoms with van der Waals surface area (Å²) in [6.45, 7) is 6.09. The van der Waals surface area contributed by atoms with Crippen LogP contribution in [0.1, 0.15) is 11.3 Å². The minimum absolute atomic E-state index is 0.583. The number of allylic oxidation sites excluding steroid dienone is 2. The van der Waals surface area contributed by atoms with Crippen molar-refractivity contribution in [3.05, 3.63) is 188 Å². The molecule has 0 atom stereocenters. The SMILES string of the molecule is C=C/C=C\c1c(C)n(-c2cccc3oc4cccc(-c5ccc6oc7cc(-c8nc(-c9ccccc9)nc(-c9ccccc9)n8)ccc7c6c5)c4c23)c2ccccc12. The molecule has 0 spiro atoms. The molecule has 0 aliphatic rings. The van der Waals surface area contributed by atoms with E-state index in [-0.39, 0.29) is 0 Å². The summed E-state index contributed by atoms with van der Waals surface area (Å²) in [6, 6.07) is 53.9. The number of furan rings is 2. The van der Waals surface area contributed by atoms with Crippen molar-refractivity contribution in [1.29, 1.82) is 0 Å². The average molecular weight is 747 g/mol. The summed E-state index contributed by atoms with van der Waals surface area (Å²) in [7, 11) is 0. The Morgan fingerprint density at radius 1 is 0.500 bits per heavy atom. The summed E-state index contributed by atoms with van der Waals surface area (Å²) in [5.41, 5.74) is 12.6. The van der Waals surface area contributed by atoms with Crippen molar-refractivity contribution < 1.29 is 8.83 Å². The van der Waals surface area contributed by atoms with E-state index < -0.39 is 0 Å². The van der Waals surface area contributed by atoms with E-state index in [0.717, 1.165) is 88.6 Å². The quantitative estimate of drug-likeness (QED) is 0.152. The topological polar surface area (TPSA) is 69.9 Å². The van der Waals surface area contributed by atoms with Crippen molar-refractivity contribution in [2.45, 2.75) is 6.92 Å². The molecule has 4 heterocycles. The smallest absolute Gasteiger partial charge is 0.164 e. The van der Waals surface area contributed by atoms with Crippen LogP contribution < -0.4 is 0 Å². The third kappa shape index (κ3) is 5.38. The van der Waals surface area contributed by atoms with E-state index in [9.17, 15) is 0 Å². The molecule has 6 heteroatoms. The minimum Gasteiger partial charge on any atom is -0.456 e. The van der Waals surface area contributed by atoms with Crippen molar-refractivity contribution in [3.8, 4) is 51.0 Å². The number of aromatic nitrogens is 4. The van der Waals surface area contributed by atoms with Crippen LogP contribution in [-0.2, 0) is 0 Å². The average Bonchev–Trinajstić information content (AvgIpc) is 3.94. The van der Waals surface area contributed by atoms with Crippen LogP contribution in [0.2, 0.25) is 0 Å². The second-order valence-corrected chi connectivity index (χ2v) is 14.4. The highest BCUT2D eigenvalue weighted by molar-refractivity contribution is 6.17. The van der Waals surface area contributed by atoms with Crippen LogP contribution in [0, 0.1) is 6.92 Å². The lowest BCUT2D eigenvalue weighted by molar-refractivity contribution is 0.668. The number of para-hydroxylation sites is 1. The van der Waals surface area contributed by atoms with Gasteiger partial charge in [0.1, 0.15) is 22.3 Å². The Hall–Kier alpha value is -7.83. The maximum atomic E-state index is 6.60. The molecule has 0 fully saturated rings. The van der Waals surface area contributed by atoms with Gasteiger partial charge in [-0.1, -0.05) is 134 Å². The highest BCUT2D eigenvalue weighted by Gasteiger charge is 2.21. The summed E-state index contributed by atoms with van der Waals surface area (Å²) in [5.74, 6) is 1.82. The van der Waals surface area contributed by atoms with E-state index in [1.54, 1.807) is 0 Å². The zero-order valence-electron chi connectivity index (χ0n) is 31.6. The lowest BCUT2D eigenvalue weighted by Gasteiger charge is -2.12. The van der Waals surface area contributed by atoms with Gasteiger partial charge in [-0.05, 0) is 66.6 Å². The van der Waals surface area contributed by atoms with Crippen molar-refractivity contribution in [2.24, 2.45) is 0 Å². The molecule has 0 amide bonds. The Labute approximate surface area is 333 Å². The van der Waals surface area contributed by atoms with Crippen LogP contribution in [0.15, 0.2) is 185 Å². The highest BCUT2D eigenvalue weighted by atomic mass is 16.3. The molecule has 0 saturated heterocycles. The number of hydrogen-bond donors (Lipinski definition) is 0. The maximum Gasteiger partial charge on any atom is 0.164 e. The zero-order chi connectivity index (χ0) is 38.7. The minimum atomic E-state index is 0.583. The van der Waals surface area contributed by atoms with Crippen LogP contribution >= 0.6 is 0 Å². The summed E-state index contributed by atoms with van der Waals surface area (Å²) in [4.78, 5) is 14.8. The number of nitrogens with zero attached hydrogens (tertiary/aromatic N) is 4. The molecular formula is C52H34N4O2. The first-order valence-electron chi connectivity index (χ1n) is 19.3. The van der Waals surface area contributed by atoms with Gasteiger partial charge < -0.3 is 13.4 Å². The third-order valence-electron chi connectivity index (χ3n) is 11.0. The molecule has 0 aliphatic carbocycles. The second kappa shape index (κ2) is 13.4. The van der Waals surface area contributed by atoms with Crippen molar-refractivity contribution in [3.63, 3.8) is 0 Å². The lowest BCUT2D eigenvalue weighted by Crippen LogP contribution is -2.00. The van der Waals surface area contributed by atoms with Gasteiger partial charge >= 0.3 is 0 Å². The molecule has 4 aromatic heterocycles. The van der Waals surface area contributed by atoms with Gasteiger partial charge in [0.15, 0.2) is 17.5 Å². The van der Waals surface area contributed by atoms with Gasteiger partial charge in [-0.2, -0.15) is 0 Å². The first-order valence-corrected chi connectivity index (χ1v) is 19.3. The zero-order valence-corrected chi connectivity index (χ0v) is 31.6. The van der Waals surface area contributed by atoms with Gasteiger partial charge in [0.2, 0.25) is 0 Å². The molecule has 11 rings (SSSR count). The number of rotatable bonds is 7. The second-order valence-electron chi connectivity index (χ2n) is 14.4. The van der Waals surface area contributed by atoms with Crippen LogP contribution in [0.3, 0.4) is 0 Å². The predicted octanol–water partition coefficient (Wildman–Crippen LogP) is 13.8. The Kier molecular flexibility index (Phi) is 7.76. The Bertz CT molecular complexity index is 3370. The summed E-state index contributed by atoms with van der Waals surface area (Å²) < 4.78 is 15.5. The Morgan fingerprint density at radius 3 is 1.88 bits per heavy atom. The molecule has 0 radical (unpaired) electrons. The van der Waals surface area contributed by atoms with Gasteiger partial charge in [-0.25, -0.2) is 15.0 Å². The summed E-state index contributed by atoms with van der Waals surface area (Å²) >= 11 is 0. The van der Waals surface area contributed by atoms with Crippen molar-refractivity contribution in [1.82, 2.24) is 19.5 Å². The highest BCUT2D eigenvalue weighted by Crippen LogP contribution is 2.43. The fraction of sp³-hybridized carbons (Fsp3) is 0.0192. The molecule has 0 N–H and O–H groups in total. The summed E-state index contributed by atoms with van der Waals surface area (Å²) in [6.07, 6.45) is 5.96. The normalized spacial score (nSPS) is 11.9. The molecule has 58 heavy (non-hydrogen) atoms. The molecule has 0 unspecified atom stereocenters. The summed E-state index contributed by atoms with van der Waals surface area (Å²) in [5, 5.41) is 5.37. The lowest BCUT2D eigenvalue weighted by atomic mass is 9.97. The van der Waals surface area contributed by atoms with E-state index >= 15 is 0 Å². The van der Waals surface area contributed by atoms with E-state index in [2.05, 4.69) is 115 Å². The maximum absolute atomic E-state index is 6.60. The molecule has 6 nitrogen and oxygen atoms in total. The number of fused-ring (bicyclic) bond motifs is 7. The number of benzene rings is 7. The molecule has 7 aromatic carbocycles. The standard InChI is InChI=1S/C52H34N4O2/c1-3-4-19-37-32(2)56(42-22-12-11-20-39(37)42)43-23-14-25-46-49(43)48-38(21-13-24-45(48)58-46)35-27-29-44-41(30-35)40-28-26-36(31-47(40)57-44)52-54-50(33-15-7-5-8-16-33)53-51(55-52)34-17-9-6-10-18-34/h3-31H,1H2,2H3/b19-4-. The fourth-order valence-electron chi connectivity index (χ4n) is 8.37. The van der Waals surface area contributed by atoms with E-state index in [0.29, 0.717) is 17.5 Å². The van der Waals surface area contributed by atoms with Crippen LogP contribution in [-0.4, -0.2) is 19.5 Å². The number of hydrogen-bond acceptors (Lipinski definition) is 5. The fourth-order valence-corrected chi connectivity index (χ4v) is 8.37. The van der Waals surface area contributed by atoms with Crippen LogP contribution in [0.4, 0.5) is 0 Å². The Balaban J connectivity index is 1.06. The van der Waals surface area contributed by atoms with Gasteiger partial charge in [-0.15, -0.1) is 0 Å². The molecular weight excluding hydrogens is 713 g/mol. The molecule has 0 bridgehead atoms. The third-order valence-corrected chi connectivity index (χ3v) is 11.0. The van der Waals surface area contributed by atoms with E-state index in [4.69, 9.17) is 23.8 Å². The van der Waals surface area contributed by atoms with Crippen molar-refractivity contribution in [2.75, 3.05) is 0 Å². The van der Waals surface area contributed by atoms with Gasteiger partial charge in [0.25, 0.3) is 0 Å². The monoisotopic (exact) mass is 746 g/mol. The van der Waals surface area contributed by atoms with Crippen molar-refractivity contribution >= 4 is 60.9 Å². The Morgan fingerprint density at radius 2 is 1.14 bits per heavy atom. The van der Waals surface area contributed by atoms with Gasteiger partial charge in [-0.3, -0.25) is 0 Å². The molecule has 0 aliphatic heterocycles. The van der Waals surface area contributed by atoms with Gasteiger partial charge in [0, 0.05) is 49.5 Å². The predicted molar refractivity (Wildman–Crippen MR) is 237 cm³/mol. The van der Waals surface area contributed by atoms with E-state index in [1.807, 2.05) is 78.9 Å². The molecule has 11 aromatic rings. The first-order chi connectivity index (χ1) is 28.6. The molecule has 274 valence electrons. The first kappa shape index (κ1) is 33.5. The van der Waals surface area contributed by atoms with Crippen LogP contribution in [0.5, 0.6) is 0 Å².